The van der Waals surface area contributed by atoms with Gasteiger partial charge in [0.25, 0.3) is 0 Å². The molecule has 4 rings (SSSR count). The fourth-order valence-corrected chi connectivity index (χ4v) is 5.92. The summed E-state index contributed by atoms with van der Waals surface area (Å²) < 4.78 is 5.25. The molecule has 5 nitrogen and oxygen atoms in total. The van der Waals surface area contributed by atoms with E-state index in [4.69, 9.17) is 4.74 Å². The average Bonchev–Trinajstić information content (AvgIpc) is 2.97. The van der Waals surface area contributed by atoms with E-state index in [-0.39, 0.29) is 17.9 Å². The number of nitrogens with zero attached hydrogens (tertiary/aromatic N) is 1. The maximum atomic E-state index is 13.8. The van der Waals surface area contributed by atoms with Crippen LogP contribution in [0.1, 0.15) is 54.4 Å². The normalized spacial score (nSPS) is 14.4. The fraction of sp³-hybridized carbons (Fsp3) is 0.394. The number of carbonyl (C=O) groups is 2. The van der Waals surface area contributed by atoms with Crippen molar-refractivity contribution >= 4 is 23.6 Å². The minimum Gasteiger partial charge on any atom is -0.497 e. The van der Waals surface area contributed by atoms with E-state index in [1.54, 1.807) is 23.8 Å². The van der Waals surface area contributed by atoms with Gasteiger partial charge in [-0.2, -0.15) is 0 Å². The molecule has 3 aromatic carbocycles. The van der Waals surface area contributed by atoms with Crippen LogP contribution in [0.25, 0.3) is 0 Å². The van der Waals surface area contributed by atoms with Gasteiger partial charge < -0.3 is 15.0 Å². The number of nitrogens with one attached hydrogen (secondary N) is 1. The van der Waals surface area contributed by atoms with E-state index >= 15 is 0 Å². The van der Waals surface area contributed by atoms with Gasteiger partial charge in [0.05, 0.1) is 12.9 Å². The lowest BCUT2D eigenvalue weighted by Crippen LogP contribution is -2.53. The Morgan fingerprint density at radius 1 is 0.897 bits per heavy atom. The van der Waals surface area contributed by atoms with Crippen molar-refractivity contribution in [2.24, 2.45) is 0 Å². The second-order valence-electron chi connectivity index (χ2n) is 10.4. The molecule has 0 unspecified atom stereocenters. The standard InChI is InChI=1S/C33H40N2O3S/c1-25-13-15-27(16-14-25)22-35(32(36)24-39-23-28-17-19-30(38-2)20-18-28)31(21-26-9-5-3-6-10-26)33(37)34-29-11-7-4-8-12-29/h3,5-6,9-10,13-20,29,31H,4,7-8,11-12,21-24H2,1-2H3,(H,34,37)/t31-/m0/s1. The highest BCUT2D eigenvalue weighted by atomic mass is 32.2. The number of ether oxygens (including phenoxy) is 1. The number of thioether (sulfide) groups is 1. The van der Waals surface area contributed by atoms with E-state index < -0.39 is 6.04 Å². The van der Waals surface area contributed by atoms with E-state index in [0.717, 1.165) is 48.1 Å². The number of aryl methyl sites for hydroxylation is 1. The number of methoxy groups -OCH3 is 1. The second-order valence-corrected chi connectivity index (χ2v) is 11.4. The fourth-order valence-electron chi connectivity index (χ4n) is 5.05. The second kappa shape index (κ2) is 14.8. The van der Waals surface area contributed by atoms with Crippen LogP contribution in [0, 0.1) is 6.92 Å². The zero-order valence-electron chi connectivity index (χ0n) is 23.1. The Hall–Kier alpha value is -3.25. The summed E-state index contributed by atoms with van der Waals surface area (Å²) in [4.78, 5) is 29.5. The smallest absolute Gasteiger partial charge is 0.243 e. The van der Waals surface area contributed by atoms with E-state index in [2.05, 4.69) is 36.5 Å². The summed E-state index contributed by atoms with van der Waals surface area (Å²) >= 11 is 1.58. The van der Waals surface area contributed by atoms with Crippen LogP contribution in [0.5, 0.6) is 5.75 Å². The molecule has 2 amide bonds. The molecule has 6 heteroatoms. The van der Waals surface area contributed by atoms with Crippen LogP contribution in [0.15, 0.2) is 78.9 Å². The lowest BCUT2D eigenvalue weighted by Gasteiger charge is -2.33. The van der Waals surface area contributed by atoms with Gasteiger partial charge in [0, 0.05) is 24.8 Å². The Labute approximate surface area is 237 Å². The third-order valence-corrected chi connectivity index (χ3v) is 8.34. The molecule has 0 radical (unpaired) electrons. The highest BCUT2D eigenvalue weighted by Gasteiger charge is 2.31. The number of hydrogen-bond acceptors (Lipinski definition) is 4. The zero-order valence-corrected chi connectivity index (χ0v) is 23.9. The largest absolute Gasteiger partial charge is 0.497 e. The van der Waals surface area contributed by atoms with Gasteiger partial charge in [0.1, 0.15) is 11.8 Å². The van der Waals surface area contributed by atoms with Crippen molar-refractivity contribution in [1.82, 2.24) is 10.2 Å². The third kappa shape index (κ3) is 8.89. The maximum Gasteiger partial charge on any atom is 0.243 e. The summed E-state index contributed by atoms with van der Waals surface area (Å²) in [6, 6.07) is 25.8. The first-order valence-corrected chi connectivity index (χ1v) is 15.1. The predicted octanol–water partition coefficient (Wildman–Crippen LogP) is 6.33. The molecule has 206 valence electrons. The van der Waals surface area contributed by atoms with Crippen molar-refractivity contribution in [3.8, 4) is 5.75 Å². The molecule has 0 aromatic heterocycles. The molecule has 0 bridgehead atoms. The van der Waals surface area contributed by atoms with Crippen molar-refractivity contribution in [3.63, 3.8) is 0 Å². The summed E-state index contributed by atoms with van der Waals surface area (Å²) in [7, 11) is 1.65. The Morgan fingerprint density at radius 2 is 1.56 bits per heavy atom. The Morgan fingerprint density at radius 3 is 2.23 bits per heavy atom. The molecular formula is C33H40N2O3S. The number of benzene rings is 3. The highest BCUT2D eigenvalue weighted by molar-refractivity contribution is 7.99. The van der Waals surface area contributed by atoms with Crippen LogP contribution in [-0.2, 0) is 28.3 Å². The van der Waals surface area contributed by atoms with Gasteiger partial charge >= 0.3 is 0 Å². The molecule has 1 aliphatic rings. The summed E-state index contributed by atoms with van der Waals surface area (Å²) in [6.45, 7) is 2.45. The average molecular weight is 545 g/mol. The molecule has 1 aliphatic carbocycles. The molecule has 0 heterocycles. The first kappa shape index (κ1) is 28.8. The number of hydrogen-bond donors (Lipinski definition) is 1. The Bertz CT molecular complexity index is 1180. The van der Waals surface area contributed by atoms with E-state index in [1.165, 1.54) is 12.0 Å². The SMILES string of the molecule is COc1ccc(CSCC(=O)N(Cc2ccc(C)cc2)[C@@H](Cc2ccccc2)C(=O)NC2CCCCC2)cc1. The molecular weight excluding hydrogens is 504 g/mol. The predicted molar refractivity (Wildman–Crippen MR) is 160 cm³/mol. The van der Waals surface area contributed by atoms with Crippen molar-refractivity contribution < 1.29 is 14.3 Å². The molecule has 3 aromatic rings. The molecule has 1 atom stereocenters. The van der Waals surface area contributed by atoms with Crippen molar-refractivity contribution in [2.45, 2.75) is 69.8 Å². The minimum atomic E-state index is -0.579. The van der Waals surface area contributed by atoms with Gasteiger partial charge in [-0.3, -0.25) is 9.59 Å². The van der Waals surface area contributed by atoms with Gasteiger partial charge in [-0.05, 0) is 48.6 Å². The van der Waals surface area contributed by atoms with Gasteiger partial charge in [-0.1, -0.05) is 91.6 Å². The molecule has 39 heavy (non-hydrogen) atoms. The van der Waals surface area contributed by atoms with Gasteiger partial charge in [-0.25, -0.2) is 0 Å². The quantitative estimate of drug-likeness (QED) is 0.290. The third-order valence-electron chi connectivity index (χ3n) is 7.35. The molecule has 0 aliphatic heterocycles. The van der Waals surface area contributed by atoms with Gasteiger partial charge in [0.15, 0.2) is 0 Å². The van der Waals surface area contributed by atoms with Crippen LogP contribution in [0.2, 0.25) is 0 Å². The molecule has 1 N–H and O–H groups in total. The molecule has 0 spiro atoms. The monoisotopic (exact) mass is 544 g/mol. The number of carbonyl (C=O) groups excluding carboxylic acids is 2. The maximum absolute atomic E-state index is 13.8. The van der Waals surface area contributed by atoms with Crippen LogP contribution < -0.4 is 10.1 Å². The zero-order chi connectivity index (χ0) is 27.5. The molecule has 1 fully saturated rings. The Balaban J connectivity index is 1.54. The van der Waals surface area contributed by atoms with Crippen LogP contribution in [0.3, 0.4) is 0 Å². The van der Waals surface area contributed by atoms with Crippen molar-refractivity contribution in [3.05, 3.63) is 101 Å². The topological polar surface area (TPSA) is 58.6 Å². The van der Waals surface area contributed by atoms with Gasteiger partial charge in [-0.15, -0.1) is 11.8 Å². The van der Waals surface area contributed by atoms with Crippen LogP contribution >= 0.6 is 11.8 Å². The number of rotatable bonds is 12. The first-order valence-electron chi connectivity index (χ1n) is 13.9. The summed E-state index contributed by atoms with van der Waals surface area (Å²) in [5.74, 6) is 1.77. The molecule has 0 saturated heterocycles. The summed E-state index contributed by atoms with van der Waals surface area (Å²) in [5, 5.41) is 3.31. The van der Waals surface area contributed by atoms with Gasteiger partial charge in [0.2, 0.25) is 11.8 Å². The summed E-state index contributed by atoms with van der Waals surface area (Å²) in [5.41, 5.74) is 4.38. The van der Waals surface area contributed by atoms with Crippen molar-refractivity contribution in [2.75, 3.05) is 12.9 Å². The van der Waals surface area contributed by atoms with E-state index in [0.29, 0.717) is 24.5 Å². The Kier molecular flexibility index (Phi) is 10.9. The lowest BCUT2D eigenvalue weighted by molar-refractivity contribution is -0.139. The van der Waals surface area contributed by atoms with E-state index in [1.807, 2.05) is 54.6 Å². The van der Waals surface area contributed by atoms with Crippen molar-refractivity contribution in [1.29, 1.82) is 0 Å². The van der Waals surface area contributed by atoms with Crippen LogP contribution in [-0.4, -0.2) is 41.7 Å². The number of amides is 2. The molecule has 1 saturated carbocycles. The lowest BCUT2D eigenvalue weighted by atomic mass is 9.94. The highest BCUT2D eigenvalue weighted by Crippen LogP contribution is 2.22. The first-order chi connectivity index (χ1) is 19.0. The van der Waals surface area contributed by atoms with Crippen LogP contribution in [0.4, 0.5) is 0 Å². The minimum absolute atomic E-state index is 0.0196. The summed E-state index contributed by atoms with van der Waals surface area (Å²) in [6.07, 6.45) is 6.01. The van der Waals surface area contributed by atoms with E-state index in [9.17, 15) is 9.59 Å².